The molecule has 5 nitrogen and oxygen atoms in total. The van der Waals surface area contributed by atoms with Crippen LogP contribution in [0.5, 0.6) is 0 Å². The fraction of sp³-hybridized carbons (Fsp3) is 0.500. The van der Waals surface area contributed by atoms with Crippen molar-refractivity contribution in [2.45, 2.75) is 33.1 Å². The van der Waals surface area contributed by atoms with Crippen molar-refractivity contribution in [3.63, 3.8) is 0 Å². The van der Waals surface area contributed by atoms with Gasteiger partial charge in [-0.25, -0.2) is 0 Å². The summed E-state index contributed by atoms with van der Waals surface area (Å²) in [5.41, 5.74) is 2.23. The molecule has 1 aromatic rings. The molecule has 0 atom stereocenters. The van der Waals surface area contributed by atoms with Gasteiger partial charge < -0.3 is 14.4 Å². The predicted octanol–water partition coefficient (Wildman–Crippen LogP) is 3.25. The summed E-state index contributed by atoms with van der Waals surface area (Å²) in [6, 6.07) is 8.13. The highest BCUT2D eigenvalue weighted by atomic mass is 16.5. The van der Waals surface area contributed by atoms with E-state index in [4.69, 9.17) is 9.47 Å². The molecule has 0 N–H and O–H groups in total. The number of rotatable bonds is 10. The molecule has 0 saturated heterocycles. The van der Waals surface area contributed by atoms with E-state index < -0.39 is 0 Å². The third-order valence-electron chi connectivity index (χ3n) is 3.79. The van der Waals surface area contributed by atoms with Gasteiger partial charge in [-0.05, 0) is 30.0 Å². The Kier molecular flexibility index (Phi) is 9.55. The third kappa shape index (κ3) is 7.98. The predicted molar refractivity (Wildman–Crippen MR) is 99.3 cm³/mol. The summed E-state index contributed by atoms with van der Waals surface area (Å²) in [6.07, 6.45) is 3.50. The lowest BCUT2D eigenvalue weighted by molar-refractivity contribution is -0.143. The Balaban J connectivity index is 2.67. The number of methoxy groups -OCH3 is 1. The summed E-state index contributed by atoms with van der Waals surface area (Å²) in [4.78, 5) is 25.5. The first kappa shape index (κ1) is 20.9. The maximum Gasteiger partial charge on any atom is 0.307 e. The lowest BCUT2D eigenvalue weighted by Gasteiger charge is -2.20. The largest absolute Gasteiger partial charge is 0.466 e. The van der Waals surface area contributed by atoms with E-state index in [1.807, 2.05) is 12.1 Å². The number of ether oxygens (including phenoxy) is 2. The molecule has 0 saturated carbocycles. The van der Waals surface area contributed by atoms with Crippen LogP contribution in [0.4, 0.5) is 0 Å². The van der Waals surface area contributed by atoms with Gasteiger partial charge in [-0.2, -0.15) is 0 Å². The van der Waals surface area contributed by atoms with Gasteiger partial charge in [-0.15, -0.1) is 0 Å². The maximum atomic E-state index is 12.4. The molecule has 1 aromatic carbocycles. The molecule has 1 amide bonds. The van der Waals surface area contributed by atoms with Gasteiger partial charge in [-0.3, -0.25) is 9.59 Å². The van der Waals surface area contributed by atoms with Crippen molar-refractivity contribution in [3.8, 4) is 0 Å². The molecular weight excluding hydrogens is 318 g/mol. The van der Waals surface area contributed by atoms with Gasteiger partial charge in [0.1, 0.15) is 0 Å². The van der Waals surface area contributed by atoms with Crippen LogP contribution in [0, 0.1) is 0 Å². The number of benzene rings is 1. The SMILES string of the molecule is CCOC(=O)CCN(CCOC)C(=O)/C=C/c1ccc(C(C)C)cc1. The van der Waals surface area contributed by atoms with Crippen LogP contribution < -0.4 is 0 Å². The highest BCUT2D eigenvalue weighted by Crippen LogP contribution is 2.15. The van der Waals surface area contributed by atoms with E-state index in [0.29, 0.717) is 32.2 Å². The number of hydrogen-bond donors (Lipinski definition) is 0. The fourth-order valence-corrected chi connectivity index (χ4v) is 2.26. The zero-order valence-corrected chi connectivity index (χ0v) is 15.7. The Labute approximate surface area is 150 Å². The smallest absolute Gasteiger partial charge is 0.307 e. The molecule has 0 aliphatic rings. The fourth-order valence-electron chi connectivity index (χ4n) is 2.26. The van der Waals surface area contributed by atoms with Gasteiger partial charge in [-0.1, -0.05) is 38.1 Å². The Morgan fingerprint density at radius 3 is 2.40 bits per heavy atom. The summed E-state index contributed by atoms with van der Waals surface area (Å²) in [5.74, 6) is 0.0346. The molecule has 0 radical (unpaired) electrons. The third-order valence-corrected chi connectivity index (χ3v) is 3.79. The monoisotopic (exact) mass is 347 g/mol. The summed E-state index contributed by atoms with van der Waals surface area (Å²) in [5, 5.41) is 0. The van der Waals surface area contributed by atoms with Crippen LogP contribution in [0.3, 0.4) is 0 Å². The molecule has 0 fully saturated rings. The number of carbonyl (C=O) groups is 2. The van der Waals surface area contributed by atoms with Crippen LogP contribution in [0.25, 0.3) is 6.08 Å². The van der Waals surface area contributed by atoms with Crippen molar-refractivity contribution in [1.82, 2.24) is 4.90 Å². The van der Waals surface area contributed by atoms with Gasteiger partial charge in [0, 0.05) is 26.3 Å². The Hall–Kier alpha value is -2.14. The molecule has 138 valence electrons. The van der Waals surface area contributed by atoms with E-state index in [1.54, 1.807) is 25.0 Å². The Bertz CT molecular complexity index is 564. The van der Waals surface area contributed by atoms with E-state index in [-0.39, 0.29) is 18.3 Å². The number of nitrogens with zero attached hydrogens (tertiary/aromatic N) is 1. The van der Waals surface area contributed by atoms with Crippen LogP contribution in [-0.2, 0) is 19.1 Å². The van der Waals surface area contributed by atoms with Gasteiger partial charge in [0.2, 0.25) is 5.91 Å². The Morgan fingerprint density at radius 1 is 1.16 bits per heavy atom. The van der Waals surface area contributed by atoms with Gasteiger partial charge in [0.25, 0.3) is 0 Å². The van der Waals surface area contributed by atoms with Gasteiger partial charge >= 0.3 is 5.97 Å². The van der Waals surface area contributed by atoms with E-state index in [2.05, 4.69) is 26.0 Å². The highest BCUT2D eigenvalue weighted by molar-refractivity contribution is 5.92. The number of amides is 1. The van der Waals surface area contributed by atoms with Crippen LogP contribution in [0.1, 0.15) is 44.2 Å². The van der Waals surface area contributed by atoms with E-state index in [0.717, 1.165) is 5.56 Å². The first-order valence-electron chi connectivity index (χ1n) is 8.69. The summed E-state index contributed by atoms with van der Waals surface area (Å²) >= 11 is 0. The van der Waals surface area contributed by atoms with Crippen molar-refractivity contribution >= 4 is 18.0 Å². The second-order valence-corrected chi connectivity index (χ2v) is 6.03. The van der Waals surface area contributed by atoms with Crippen LogP contribution in [0.15, 0.2) is 30.3 Å². The Morgan fingerprint density at radius 2 is 1.84 bits per heavy atom. The maximum absolute atomic E-state index is 12.4. The zero-order chi connectivity index (χ0) is 18.7. The van der Waals surface area contributed by atoms with Gasteiger partial charge in [0.15, 0.2) is 0 Å². The van der Waals surface area contributed by atoms with E-state index in [1.165, 1.54) is 11.6 Å². The van der Waals surface area contributed by atoms with Crippen molar-refractivity contribution < 1.29 is 19.1 Å². The minimum absolute atomic E-state index is 0.144. The summed E-state index contributed by atoms with van der Waals surface area (Å²) < 4.78 is 9.95. The second-order valence-electron chi connectivity index (χ2n) is 6.03. The van der Waals surface area contributed by atoms with Crippen molar-refractivity contribution in [1.29, 1.82) is 0 Å². The van der Waals surface area contributed by atoms with Gasteiger partial charge in [0.05, 0.1) is 19.6 Å². The summed E-state index contributed by atoms with van der Waals surface area (Å²) in [6.45, 7) is 7.57. The van der Waals surface area contributed by atoms with Crippen molar-refractivity contribution in [2.24, 2.45) is 0 Å². The molecule has 0 heterocycles. The number of hydrogen-bond acceptors (Lipinski definition) is 4. The second kappa shape index (κ2) is 11.4. The minimum Gasteiger partial charge on any atom is -0.466 e. The molecule has 25 heavy (non-hydrogen) atoms. The highest BCUT2D eigenvalue weighted by Gasteiger charge is 2.13. The van der Waals surface area contributed by atoms with Crippen LogP contribution >= 0.6 is 0 Å². The molecule has 0 unspecified atom stereocenters. The molecule has 1 rings (SSSR count). The van der Waals surface area contributed by atoms with E-state index in [9.17, 15) is 9.59 Å². The first-order valence-corrected chi connectivity index (χ1v) is 8.69. The standard InChI is InChI=1S/C20H29NO4/c1-5-25-20(23)12-13-21(14-15-24-4)19(22)11-8-17-6-9-18(10-7-17)16(2)3/h6-11,16H,5,12-15H2,1-4H3/b11-8+. The van der Waals surface area contributed by atoms with Crippen molar-refractivity contribution in [2.75, 3.05) is 33.4 Å². The molecular formula is C20H29NO4. The number of carbonyl (C=O) groups excluding carboxylic acids is 2. The molecule has 5 heteroatoms. The quantitative estimate of drug-likeness (QED) is 0.481. The van der Waals surface area contributed by atoms with Crippen LogP contribution in [-0.4, -0.2) is 50.2 Å². The first-order chi connectivity index (χ1) is 12.0. The summed E-state index contributed by atoms with van der Waals surface area (Å²) in [7, 11) is 1.58. The van der Waals surface area contributed by atoms with E-state index >= 15 is 0 Å². The molecule has 0 bridgehead atoms. The minimum atomic E-state index is -0.300. The topological polar surface area (TPSA) is 55.8 Å². The molecule has 0 aliphatic carbocycles. The van der Waals surface area contributed by atoms with Crippen LogP contribution in [0.2, 0.25) is 0 Å². The number of esters is 1. The normalized spacial score (nSPS) is 11.1. The average Bonchev–Trinajstić information content (AvgIpc) is 2.60. The molecule has 0 aromatic heterocycles. The lowest BCUT2D eigenvalue weighted by atomic mass is 10.0. The lowest BCUT2D eigenvalue weighted by Crippen LogP contribution is -2.34. The molecule has 0 aliphatic heterocycles. The zero-order valence-electron chi connectivity index (χ0n) is 15.7. The van der Waals surface area contributed by atoms with Crippen molar-refractivity contribution in [3.05, 3.63) is 41.5 Å². The molecule has 0 spiro atoms. The average molecular weight is 347 g/mol.